The number of ketones is 1. The summed E-state index contributed by atoms with van der Waals surface area (Å²) in [7, 11) is 0. The number of carboxylic acids is 1. The summed E-state index contributed by atoms with van der Waals surface area (Å²) in [6.45, 7) is 2.32. The first-order valence-corrected chi connectivity index (χ1v) is 7.79. The summed E-state index contributed by atoms with van der Waals surface area (Å²) in [4.78, 5) is 24.2. The maximum Gasteiger partial charge on any atom is 0.334 e. The Balaban J connectivity index is 2.27. The highest BCUT2D eigenvalue weighted by Gasteiger charge is 2.39. The quantitative estimate of drug-likeness (QED) is 0.761. The van der Waals surface area contributed by atoms with E-state index in [9.17, 15) is 14.7 Å². The normalized spacial score (nSPS) is 21.2. The Morgan fingerprint density at radius 1 is 1.30 bits per heavy atom. The summed E-state index contributed by atoms with van der Waals surface area (Å²) in [6.07, 6.45) is 0. The second-order valence-corrected chi connectivity index (χ2v) is 6.25. The molecule has 2 heterocycles. The molecule has 0 aliphatic carbocycles. The average molecular weight is 353 g/mol. The number of hydrogen-bond acceptors (Lipinski definition) is 4. The zero-order chi connectivity index (χ0) is 16.7. The Bertz CT molecular complexity index is 784. The second-order valence-electron chi connectivity index (χ2n) is 5.46. The SMILES string of the molecule is CC1=C(C(=O)O)C(c2cccc(Cl)c2Cl)C2=C(CNCC2=O)N1. The van der Waals surface area contributed by atoms with Crippen molar-refractivity contribution in [1.82, 2.24) is 10.6 Å². The number of hydrogen-bond donors (Lipinski definition) is 3. The maximum atomic E-state index is 12.4. The summed E-state index contributed by atoms with van der Waals surface area (Å²) in [5.74, 6) is -1.97. The first-order chi connectivity index (χ1) is 10.9. The van der Waals surface area contributed by atoms with Gasteiger partial charge in [-0.3, -0.25) is 4.79 Å². The van der Waals surface area contributed by atoms with Crippen LogP contribution >= 0.6 is 23.2 Å². The third-order valence-electron chi connectivity index (χ3n) is 4.06. The van der Waals surface area contributed by atoms with E-state index in [-0.39, 0.29) is 22.9 Å². The largest absolute Gasteiger partial charge is 0.478 e. The highest BCUT2D eigenvalue weighted by Crippen LogP contribution is 2.43. The molecule has 1 atom stereocenters. The Morgan fingerprint density at radius 2 is 2.04 bits per heavy atom. The van der Waals surface area contributed by atoms with Crippen molar-refractivity contribution in [3.05, 3.63) is 56.3 Å². The van der Waals surface area contributed by atoms with Crippen LogP contribution in [0.25, 0.3) is 0 Å². The van der Waals surface area contributed by atoms with Crippen LogP contribution in [0, 0.1) is 0 Å². The van der Waals surface area contributed by atoms with Gasteiger partial charge >= 0.3 is 5.97 Å². The predicted octanol–water partition coefficient (Wildman–Crippen LogP) is 2.47. The third-order valence-corrected chi connectivity index (χ3v) is 4.89. The number of nitrogens with one attached hydrogen (secondary N) is 2. The van der Waals surface area contributed by atoms with E-state index in [1.54, 1.807) is 25.1 Å². The highest BCUT2D eigenvalue weighted by atomic mass is 35.5. The van der Waals surface area contributed by atoms with Crippen molar-refractivity contribution < 1.29 is 14.7 Å². The molecule has 0 spiro atoms. The molecule has 7 heteroatoms. The van der Waals surface area contributed by atoms with Gasteiger partial charge in [0.2, 0.25) is 0 Å². The lowest BCUT2D eigenvalue weighted by molar-refractivity contribution is -0.133. The minimum absolute atomic E-state index is 0.114. The lowest BCUT2D eigenvalue weighted by atomic mass is 9.77. The number of aliphatic carboxylic acids is 1. The van der Waals surface area contributed by atoms with Crippen LogP contribution in [0.3, 0.4) is 0 Å². The van der Waals surface area contributed by atoms with Crippen LogP contribution in [0.4, 0.5) is 0 Å². The number of carboxylic acid groups (broad SMARTS) is 1. The molecular weight excluding hydrogens is 339 g/mol. The van der Waals surface area contributed by atoms with E-state index in [0.29, 0.717) is 34.1 Å². The van der Waals surface area contributed by atoms with Gasteiger partial charge in [-0.05, 0) is 18.6 Å². The minimum atomic E-state index is -1.09. The van der Waals surface area contributed by atoms with Crippen LogP contribution < -0.4 is 10.6 Å². The van der Waals surface area contributed by atoms with Gasteiger partial charge in [-0.25, -0.2) is 4.79 Å². The van der Waals surface area contributed by atoms with Crippen molar-refractivity contribution in [3.8, 4) is 0 Å². The Hall–Kier alpha value is -1.82. The Kier molecular flexibility index (Phi) is 4.19. The molecule has 1 unspecified atom stereocenters. The van der Waals surface area contributed by atoms with Crippen LogP contribution in [0.2, 0.25) is 10.0 Å². The number of carbonyl (C=O) groups excluding carboxylic acids is 1. The zero-order valence-corrected chi connectivity index (χ0v) is 13.8. The number of benzene rings is 1. The van der Waals surface area contributed by atoms with E-state index < -0.39 is 11.9 Å². The summed E-state index contributed by atoms with van der Waals surface area (Å²) >= 11 is 12.4. The highest BCUT2D eigenvalue weighted by molar-refractivity contribution is 6.42. The minimum Gasteiger partial charge on any atom is -0.478 e. The van der Waals surface area contributed by atoms with Gasteiger partial charge in [-0.2, -0.15) is 0 Å². The van der Waals surface area contributed by atoms with Gasteiger partial charge in [-0.15, -0.1) is 0 Å². The fourth-order valence-electron chi connectivity index (χ4n) is 3.10. The average Bonchev–Trinajstić information content (AvgIpc) is 2.48. The molecule has 0 saturated heterocycles. The number of carbonyl (C=O) groups is 2. The maximum absolute atomic E-state index is 12.4. The van der Waals surface area contributed by atoms with Crippen LogP contribution in [0.5, 0.6) is 0 Å². The van der Waals surface area contributed by atoms with Crippen molar-refractivity contribution in [2.75, 3.05) is 13.1 Å². The number of dihydropyridines is 1. The first kappa shape index (κ1) is 16.1. The third kappa shape index (κ3) is 2.65. The molecule has 0 amide bonds. The van der Waals surface area contributed by atoms with E-state index in [1.807, 2.05) is 0 Å². The molecule has 0 aromatic heterocycles. The molecule has 0 saturated carbocycles. The monoisotopic (exact) mass is 352 g/mol. The van der Waals surface area contributed by atoms with Crippen molar-refractivity contribution in [2.24, 2.45) is 0 Å². The molecule has 1 aromatic rings. The van der Waals surface area contributed by atoms with Gasteiger partial charge < -0.3 is 15.7 Å². The molecule has 120 valence electrons. The van der Waals surface area contributed by atoms with Crippen molar-refractivity contribution in [2.45, 2.75) is 12.8 Å². The second kappa shape index (κ2) is 6.00. The summed E-state index contributed by atoms with van der Waals surface area (Å²) in [6, 6.07) is 5.04. The number of halogens is 2. The van der Waals surface area contributed by atoms with Crippen LogP contribution in [-0.4, -0.2) is 29.9 Å². The number of Topliss-reactive ketones (excluding diaryl/α,β-unsaturated/α-hetero) is 1. The lowest BCUT2D eigenvalue weighted by Crippen LogP contribution is -2.43. The van der Waals surface area contributed by atoms with Gasteiger partial charge in [0, 0.05) is 29.4 Å². The zero-order valence-electron chi connectivity index (χ0n) is 12.2. The Morgan fingerprint density at radius 3 is 2.74 bits per heavy atom. The summed E-state index contributed by atoms with van der Waals surface area (Å²) in [5, 5.41) is 16.3. The summed E-state index contributed by atoms with van der Waals surface area (Å²) in [5.41, 5.74) is 2.26. The van der Waals surface area contributed by atoms with E-state index in [4.69, 9.17) is 23.2 Å². The van der Waals surface area contributed by atoms with E-state index >= 15 is 0 Å². The van der Waals surface area contributed by atoms with Gasteiger partial charge in [0.05, 0.1) is 22.2 Å². The molecule has 1 aromatic carbocycles. The van der Waals surface area contributed by atoms with Crippen LogP contribution in [0.1, 0.15) is 18.4 Å². The fraction of sp³-hybridized carbons (Fsp3) is 0.250. The predicted molar refractivity (Wildman–Crippen MR) is 87.6 cm³/mol. The van der Waals surface area contributed by atoms with E-state index in [2.05, 4.69) is 10.6 Å². The molecule has 23 heavy (non-hydrogen) atoms. The first-order valence-electron chi connectivity index (χ1n) is 7.03. The summed E-state index contributed by atoms with van der Waals surface area (Å²) < 4.78 is 0. The number of allylic oxidation sites excluding steroid dienone is 1. The Labute approximate surface area is 143 Å². The molecule has 0 fully saturated rings. The molecule has 3 rings (SSSR count). The van der Waals surface area contributed by atoms with Gasteiger partial charge in [0.1, 0.15) is 0 Å². The molecule has 5 nitrogen and oxygen atoms in total. The van der Waals surface area contributed by atoms with Gasteiger partial charge in [-0.1, -0.05) is 35.3 Å². The molecular formula is C16H14Cl2N2O3. The van der Waals surface area contributed by atoms with Gasteiger partial charge in [0.25, 0.3) is 0 Å². The van der Waals surface area contributed by atoms with Gasteiger partial charge in [0.15, 0.2) is 5.78 Å². The smallest absolute Gasteiger partial charge is 0.334 e. The number of rotatable bonds is 2. The molecule has 0 bridgehead atoms. The molecule has 3 N–H and O–H groups in total. The topological polar surface area (TPSA) is 78.4 Å². The molecule has 2 aliphatic rings. The van der Waals surface area contributed by atoms with E-state index in [0.717, 1.165) is 0 Å². The fourth-order valence-corrected chi connectivity index (χ4v) is 3.52. The van der Waals surface area contributed by atoms with E-state index in [1.165, 1.54) is 0 Å². The van der Waals surface area contributed by atoms with Crippen molar-refractivity contribution in [3.63, 3.8) is 0 Å². The van der Waals surface area contributed by atoms with Crippen molar-refractivity contribution >= 4 is 35.0 Å². The molecule has 2 aliphatic heterocycles. The molecule has 0 radical (unpaired) electrons. The lowest BCUT2D eigenvalue weighted by Gasteiger charge is -2.34. The standard InChI is InChI=1S/C16H14Cl2N2O3/c1-7-12(16(22)23)13(8-3-2-4-9(17)15(8)18)14-10(20-7)5-19-6-11(14)21/h2-4,13,19-20H,5-6H2,1H3,(H,22,23). The van der Waals surface area contributed by atoms with Crippen LogP contribution in [-0.2, 0) is 9.59 Å². The van der Waals surface area contributed by atoms with Crippen molar-refractivity contribution in [1.29, 1.82) is 0 Å². The van der Waals surface area contributed by atoms with Crippen LogP contribution in [0.15, 0.2) is 40.7 Å².